The zero-order chi connectivity index (χ0) is 22.0. The summed E-state index contributed by atoms with van der Waals surface area (Å²) in [7, 11) is 0. The van der Waals surface area contributed by atoms with E-state index < -0.39 is 0 Å². The third kappa shape index (κ3) is 4.27. The highest BCUT2D eigenvalue weighted by atomic mass is 16.3. The summed E-state index contributed by atoms with van der Waals surface area (Å²) in [5.74, 6) is 0.171. The summed E-state index contributed by atoms with van der Waals surface area (Å²) in [5.41, 5.74) is 1.61. The number of anilines is 2. The molecule has 2 heterocycles. The van der Waals surface area contributed by atoms with Gasteiger partial charge in [-0.2, -0.15) is 5.26 Å². The molecule has 166 valence electrons. The molecule has 1 spiro atoms. The average molecular weight is 425 g/mol. The zero-order valence-corrected chi connectivity index (χ0v) is 18.3. The van der Waals surface area contributed by atoms with Gasteiger partial charge in [0.05, 0.1) is 22.8 Å². The third-order valence-corrected chi connectivity index (χ3v) is 7.29. The first-order chi connectivity index (χ1) is 15.0. The maximum Gasteiger partial charge on any atom is 0.230 e. The van der Waals surface area contributed by atoms with Gasteiger partial charge in [-0.15, -0.1) is 0 Å². The number of rotatable bonds is 4. The van der Waals surface area contributed by atoms with Gasteiger partial charge in [-0.1, -0.05) is 6.92 Å². The molecule has 7 nitrogen and oxygen atoms in total. The molecule has 1 atom stereocenters. The lowest BCUT2D eigenvalue weighted by Crippen LogP contribution is -2.50. The number of likely N-dealkylation sites (tertiary alicyclic amines) is 1. The number of amides is 2. The van der Waals surface area contributed by atoms with Gasteiger partial charge in [0.2, 0.25) is 11.8 Å². The van der Waals surface area contributed by atoms with Gasteiger partial charge in [-0.3, -0.25) is 9.59 Å². The van der Waals surface area contributed by atoms with E-state index in [0.717, 1.165) is 63.7 Å². The van der Waals surface area contributed by atoms with E-state index in [1.807, 2.05) is 12.1 Å². The molecular weight excluding hydrogens is 392 g/mol. The number of nitrogens with one attached hydrogen (secondary N) is 1. The van der Waals surface area contributed by atoms with E-state index in [1.54, 1.807) is 13.0 Å². The zero-order valence-electron chi connectivity index (χ0n) is 18.3. The summed E-state index contributed by atoms with van der Waals surface area (Å²) in [6.45, 7) is 4.03. The molecule has 2 N–H and O–H groups in total. The average Bonchev–Trinajstić information content (AvgIpc) is 3.09. The number of benzene rings is 1. The molecule has 0 bridgehead atoms. The van der Waals surface area contributed by atoms with Crippen LogP contribution in [0.15, 0.2) is 18.2 Å². The summed E-state index contributed by atoms with van der Waals surface area (Å²) in [6.07, 6.45) is 6.16. The molecule has 31 heavy (non-hydrogen) atoms. The maximum absolute atomic E-state index is 13.5. The number of nitrogens with zero attached hydrogens (tertiary/aromatic N) is 3. The van der Waals surface area contributed by atoms with Crippen LogP contribution < -0.4 is 10.2 Å². The molecule has 1 aromatic carbocycles. The normalized spacial score (nSPS) is 28.6. The largest absolute Gasteiger partial charge is 0.393 e. The fourth-order valence-electron chi connectivity index (χ4n) is 5.51. The molecular formula is C24H32N4O3. The molecule has 2 saturated heterocycles. The molecule has 3 aliphatic rings. The van der Waals surface area contributed by atoms with Gasteiger partial charge in [0, 0.05) is 37.8 Å². The maximum atomic E-state index is 13.5. The van der Waals surface area contributed by atoms with Crippen LogP contribution in [0, 0.1) is 16.7 Å². The molecule has 1 aromatic rings. The summed E-state index contributed by atoms with van der Waals surface area (Å²) < 4.78 is 0. The van der Waals surface area contributed by atoms with Gasteiger partial charge in [0.15, 0.2) is 0 Å². The Labute approximate surface area is 184 Å². The van der Waals surface area contributed by atoms with Crippen LogP contribution in [-0.2, 0) is 9.59 Å². The molecule has 3 fully saturated rings. The van der Waals surface area contributed by atoms with Crippen molar-refractivity contribution in [3.05, 3.63) is 23.8 Å². The van der Waals surface area contributed by atoms with Crippen LogP contribution in [0.25, 0.3) is 0 Å². The molecule has 0 radical (unpaired) electrons. The fraction of sp³-hybridized carbons (Fsp3) is 0.625. The Kier molecular flexibility index (Phi) is 6.19. The Bertz CT molecular complexity index is 887. The number of aliphatic hydroxyl groups excluding tert-OH is 1. The van der Waals surface area contributed by atoms with Crippen molar-refractivity contribution in [3.8, 4) is 6.07 Å². The van der Waals surface area contributed by atoms with Crippen LogP contribution in [0.4, 0.5) is 11.4 Å². The van der Waals surface area contributed by atoms with E-state index in [2.05, 4.69) is 21.2 Å². The van der Waals surface area contributed by atoms with Crippen molar-refractivity contribution in [2.24, 2.45) is 5.41 Å². The topological polar surface area (TPSA) is 96.7 Å². The highest BCUT2D eigenvalue weighted by Crippen LogP contribution is 2.44. The van der Waals surface area contributed by atoms with E-state index >= 15 is 0 Å². The first-order valence-electron chi connectivity index (χ1n) is 11.5. The van der Waals surface area contributed by atoms with Crippen LogP contribution in [0.3, 0.4) is 0 Å². The lowest BCUT2D eigenvalue weighted by Gasteiger charge is -2.41. The summed E-state index contributed by atoms with van der Waals surface area (Å²) in [4.78, 5) is 29.5. The van der Waals surface area contributed by atoms with Gasteiger partial charge in [0.25, 0.3) is 0 Å². The first-order valence-corrected chi connectivity index (χ1v) is 11.5. The molecule has 0 aromatic heterocycles. The minimum atomic E-state index is -0.379. The Hall–Kier alpha value is -2.59. The Morgan fingerprint density at radius 3 is 2.74 bits per heavy atom. The summed E-state index contributed by atoms with van der Waals surface area (Å²) in [5, 5.41) is 22.3. The Balaban J connectivity index is 1.50. The number of hydrogen-bond acceptors (Lipinski definition) is 5. The summed E-state index contributed by atoms with van der Waals surface area (Å²) in [6, 6.07) is 7.97. The Morgan fingerprint density at radius 1 is 1.26 bits per heavy atom. The van der Waals surface area contributed by atoms with Crippen LogP contribution in [0.1, 0.15) is 63.9 Å². The van der Waals surface area contributed by atoms with Crippen LogP contribution in [-0.4, -0.2) is 53.6 Å². The number of nitriles is 1. The third-order valence-electron chi connectivity index (χ3n) is 7.29. The van der Waals surface area contributed by atoms with Crippen LogP contribution in [0.2, 0.25) is 0 Å². The van der Waals surface area contributed by atoms with Gasteiger partial charge >= 0.3 is 0 Å². The second-order valence-electron chi connectivity index (χ2n) is 9.26. The van der Waals surface area contributed by atoms with Gasteiger partial charge in [-0.25, -0.2) is 0 Å². The van der Waals surface area contributed by atoms with Crippen molar-refractivity contribution in [1.29, 1.82) is 5.26 Å². The van der Waals surface area contributed by atoms with Crippen molar-refractivity contribution in [1.82, 2.24) is 4.90 Å². The van der Waals surface area contributed by atoms with Crippen molar-refractivity contribution >= 4 is 23.2 Å². The number of carbonyl (C=O) groups is 2. The number of aliphatic hydroxyl groups is 1. The van der Waals surface area contributed by atoms with E-state index in [0.29, 0.717) is 24.2 Å². The molecule has 1 unspecified atom stereocenters. The quantitative estimate of drug-likeness (QED) is 0.774. The van der Waals surface area contributed by atoms with Gasteiger partial charge in [0.1, 0.15) is 6.07 Å². The van der Waals surface area contributed by atoms with Crippen molar-refractivity contribution < 1.29 is 14.7 Å². The highest BCUT2D eigenvalue weighted by molar-refractivity contribution is 5.91. The summed E-state index contributed by atoms with van der Waals surface area (Å²) >= 11 is 0. The fourth-order valence-corrected chi connectivity index (χ4v) is 5.51. The van der Waals surface area contributed by atoms with Gasteiger partial charge < -0.3 is 20.2 Å². The minimum absolute atomic E-state index is 0.0829. The van der Waals surface area contributed by atoms with Crippen molar-refractivity contribution in [3.63, 3.8) is 0 Å². The second kappa shape index (κ2) is 8.88. The van der Waals surface area contributed by atoms with Crippen LogP contribution >= 0.6 is 0 Å². The highest BCUT2D eigenvalue weighted by Gasteiger charge is 2.50. The standard InChI is InChI=1S/C24H32N4O3/c1-2-22(30)26-18-4-9-21(17(14-18)15-25)27-12-3-10-24(16-27)11-13-28(23(24)31)19-5-7-20(29)8-6-19/h4,9,14,19-20,29H,2-3,5-8,10-13,16H2,1H3,(H,26,30). The lowest BCUT2D eigenvalue weighted by molar-refractivity contribution is -0.139. The molecule has 1 aliphatic carbocycles. The van der Waals surface area contributed by atoms with E-state index in [9.17, 15) is 20.0 Å². The monoisotopic (exact) mass is 424 g/mol. The van der Waals surface area contributed by atoms with Gasteiger partial charge in [-0.05, 0) is 63.1 Å². The lowest BCUT2D eigenvalue weighted by atomic mass is 9.78. The van der Waals surface area contributed by atoms with Crippen molar-refractivity contribution in [2.45, 2.75) is 70.4 Å². The second-order valence-corrected chi connectivity index (χ2v) is 9.26. The molecule has 4 rings (SSSR count). The number of hydrogen-bond donors (Lipinski definition) is 2. The van der Waals surface area contributed by atoms with E-state index in [4.69, 9.17) is 0 Å². The molecule has 7 heteroatoms. The predicted octanol–water partition coefficient (Wildman–Crippen LogP) is 3.03. The van der Waals surface area contributed by atoms with E-state index in [1.165, 1.54) is 0 Å². The molecule has 1 saturated carbocycles. The Morgan fingerprint density at radius 2 is 2.03 bits per heavy atom. The molecule has 2 amide bonds. The minimum Gasteiger partial charge on any atom is -0.393 e. The molecule has 2 aliphatic heterocycles. The predicted molar refractivity (Wildman–Crippen MR) is 119 cm³/mol. The van der Waals surface area contributed by atoms with E-state index in [-0.39, 0.29) is 29.4 Å². The SMILES string of the molecule is CCC(=O)Nc1ccc(N2CCCC3(CCN(C4CCC(O)CC4)C3=O)C2)c(C#N)c1. The van der Waals surface area contributed by atoms with Crippen molar-refractivity contribution in [2.75, 3.05) is 29.9 Å². The number of piperidine rings is 1. The first kappa shape index (κ1) is 21.6. The number of carbonyl (C=O) groups excluding carboxylic acids is 2. The smallest absolute Gasteiger partial charge is 0.230 e. The van der Waals surface area contributed by atoms with Crippen LogP contribution in [0.5, 0.6) is 0 Å².